The van der Waals surface area contributed by atoms with Crippen LogP contribution >= 0.6 is 0 Å². The largest absolute Gasteiger partial charge is 0.382 e. The molecule has 2 N–H and O–H groups in total. The summed E-state index contributed by atoms with van der Waals surface area (Å²) in [6.07, 6.45) is 0.428. The lowest BCUT2D eigenvalue weighted by molar-refractivity contribution is -0.147. The van der Waals surface area contributed by atoms with Crippen molar-refractivity contribution in [2.45, 2.75) is 46.6 Å². The van der Waals surface area contributed by atoms with E-state index in [1.807, 2.05) is 13.8 Å². The van der Waals surface area contributed by atoms with E-state index in [1.54, 1.807) is 18.7 Å². The first-order valence-electron chi connectivity index (χ1n) is 6.74. The van der Waals surface area contributed by atoms with Crippen molar-refractivity contribution < 1.29 is 14.7 Å². The minimum atomic E-state index is -1.25. The van der Waals surface area contributed by atoms with Crippen LogP contribution in [0.2, 0.25) is 0 Å². The van der Waals surface area contributed by atoms with Crippen molar-refractivity contribution in [3.63, 3.8) is 0 Å². The van der Waals surface area contributed by atoms with E-state index in [1.165, 1.54) is 0 Å². The SMILES string of the molecule is CCCN(CCC)C(=O)C(O)C(C)C(=O)NCC. The quantitative estimate of drug-likeness (QED) is 0.675. The van der Waals surface area contributed by atoms with E-state index < -0.39 is 12.0 Å². The van der Waals surface area contributed by atoms with Crippen molar-refractivity contribution in [1.82, 2.24) is 10.2 Å². The highest BCUT2D eigenvalue weighted by Gasteiger charge is 2.30. The van der Waals surface area contributed by atoms with E-state index in [2.05, 4.69) is 5.32 Å². The summed E-state index contributed by atoms with van der Waals surface area (Å²) in [7, 11) is 0. The second-order valence-corrected chi connectivity index (χ2v) is 4.45. The predicted octanol–water partition coefficient (Wildman–Crippen LogP) is 0.768. The van der Waals surface area contributed by atoms with Gasteiger partial charge in [-0.15, -0.1) is 0 Å². The summed E-state index contributed by atoms with van der Waals surface area (Å²) in [6, 6.07) is 0. The van der Waals surface area contributed by atoms with Gasteiger partial charge in [-0.05, 0) is 19.8 Å². The molecule has 0 radical (unpaired) electrons. The fraction of sp³-hybridized carbons (Fsp3) is 0.846. The molecule has 18 heavy (non-hydrogen) atoms. The van der Waals surface area contributed by atoms with Crippen molar-refractivity contribution in [2.75, 3.05) is 19.6 Å². The van der Waals surface area contributed by atoms with Crippen LogP contribution in [-0.4, -0.2) is 47.6 Å². The van der Waals surface area contributed by atoms with E-state index in [-0.39, 0.29) is 11.8 Å². The number of hydrogen-bond acceptors (Lipinski definition) is 3. The Labute approximate surface area is 110 Å². The van der Waals surface area contributed by atoms with Crippen LogP contribution in [0.1, 0.15) is 40.5 Å². The number of rotatable bonds is 8. The van der Waals surface area contributed by atoms with Gasteiger partial charge in [0.1, 0.15) is 6.10 Å². The first kappa shape index (κ1) is 16.9. The Bertz CT molecular complexity index is 263. The van der Waals surface area contributed by atoms with Crippen molar-refractivity contribution >= 4 is 11.8 Å². The summed E-state index contributed by atoms with van der Waals surface area (Å²) in [6.45, 7) is 9.07. The molecule has 2 atom stereocenters. The third-order valence-electron chi connectivity index (χ3n) is 2.79. The summed E-state index contributed by atoms with van der Waals surface area (Å²) in [5.74, 6) is -1.35. The number of carbonyl (C=O) groups is 2. The van der Waals surface area contributed by atoms with Gasteiger partial charge >= 0.3 is 0 Å². The summed E-state index contributed by atoms with van der Waals surface area (Å²) in [5, 5.41) is 12.6. The van der Waals surface area contributed by atoms with Gasteiger partial charge in [-0.2, -0.15) is 0 Å². The van der Waals surface area contributed by atoms with Gasteiger partial charge in [-0.3, -0.25) is 9.59 Å². The molecule has 0 aliphatic rings. The molecule has 106 valence electrons. The van der Waals surface area contributed by atoms with Gasteiger partial charge in [0.25, 0.3) is 5.91 Å². The molecule has 0 saturated carbocycles. The van der Waals surface area contributed by atoms with Gasteiger partial charge in [0.2, 0.25) is 5.91 Å². The number of carbonyl (C=O) groups excluding carboxylic acids is 2. The average Bonchev–Trinajstić information content (AvgIpc) is 2.36. The minimum Gasteiger partial charge on any atom is -0.382 e. The lowest BCUT2D eigenvalue weighted by Gasteiger charge is -2.26. The van der Waals surface area contributed by atoms with Gasteiger partial charge in [-0.1, -0.05) is 20.8 Å². The van der Waals surface area contributed by atoms with Crippen LogP contribution in [-0.2, 0) is 9.59 Å². The van der Waals surface area contributed by atoms with Crippen molar-refractivity contribution in [2.24, 2.45) is 5.92 Å². The normalized spacial score (nSPS) is 13.8. The van der Waals surface area contributed by atoms with Crippen LogP contribution in [0.4, 0.5) is 0 Å². The Hall–Kier alpha value is -1.10. The Morgan fingerprint density at radius 1 is 1.17 bits per heavy atom. The van der Waals surface area contributed by atoms with Crippen LogP contribution < -0.4 is 5.32 Å². The van der Waals surface area contributed by atoms with Crippen molar-refractivity contribution in [3.05, 3.63) is 0 Å². The maximum atomic E-state index is 12.1. The molecule has 0 saturated heterocycles. The molecule has 0 fully saturated rings. The van der Waals surface area contributed by atoms with Crippen LogP contribution in [0.15, 0.2) is 0 Å². The molecule has 0 aromatic carbocycles. The summed E-state index contributed by atoms with van der Waals surface area (Å²) in [4.78, 5) is 25.3. The zero-order valence-corrected chi connectivity index (χ0v) is 11.9. The lowest BCUT2D eigenvalue weighted by Crippen LogP contribution is -2.47. The predicted molar refractivity (Wildman–Crippen MR) is 71.0 cm³/mol. The van der Waals surface area contributed by atoms with Crippen molar-refractivity contribution in [1.29, 1.82) is 0 Å². The average molecular weight is 258 g/mol. The number of nitrogens with zero attached hydrogens (tertiary/aromatic N) is 1. The highest BCUT2D eigenvalue weighted by atomic mass is 16.3. The molecule has 0 aromatic heterocycles. The molecule has 5 heteroatoms. The van der Waals surface area contributed by atoms with E-state index in [0.29, 0.717) is 19.6 Å². The van der Waals surface area contributed by atoms with Gasteiger partial charge in [0, 0.05) is 19.6 Å². The Morgan fingerprint density at radius 2 is 1.67 bits per heavy atom. The van der Waals surface area contributed by atoms with E-state index in [0.717, 1.165) is 12.8 Å². The molecule has 0 aliphatic carbocycles. The highest BCUT2D eigenvalue weighted by molar-refractivity contribution is 5.88. The molecule has 5 nitrogen and oxygen atoms in total. The lowest BCUT2D eigenvalue weighted by atomic mass is 10.0. The Balaban J connectivity index is 4.57. The third-order valence-corrected chi connectivity index (χ3v) is 2.79. The Kier molecular flexibility index (Phi) is 8.37. The zero-order valence-electron chi connectivity index (χ0n) is 11.9. The first-order valence-corrected chi connectivity index (χ1v) is 6.74. The number of nitrogens with one attached hydrogen (secondary N) is 1. The maximum Gasteiger partial charge on any atom is 0.252 e. The van der Waals surface area contributed by atoms with Crippen LogP contribution in [0, 0.1) is 5.92 Å². The monoisotopic (exact) mass is 258 g/mol. The molecule has 2 unspecified atom stereocenters. The van der Waals surface area contributed by atoms with E-state index in [4.69, 9.17) is 0 Å². The third kappa shape index (κ3) is 5.04. The van der Waals surface area contributed by atoms with Gasteiger partial charge in [0.15, 0.2) is 0 Å². The molecule has 0 spiro atoms. The van der Waals surface area contributed by atoms with E-state index in [9.17, 15) is 14.7 Å². The Morgan fingerprint density at radius 3 is 2.06 bits per heavy atom. The molecule has 0 bridgehead atoms. The molecule has 0 aliphatic heterocycles. The molecule has 2 amide bonds. The summed E-state index contributed by atoms with van der Waals surface area (Å²) < 4.78 is 0. The summed E-state index contributed by atoms with van der Waals surface area (Å²) >= 11 is 0. The van der Waals surface area contributed by atoms with Gasteiger partial charge in [-0.25, -0.2) is 0 Å². The van der Waals surface area contributed by atoms with Crippen molar-refractivity contribution in [3.8, 4) is 0 Å². The topological polar surface area (TPSA) is 69.6 Å². The molecule has 0 heterocycles. The molecular formula is C13H26N2O3. The second-order valence-electron chi connectivity index (χ2n) is 4.45. The number of aliphatic hydroxyl groups excluding tert-OH is 1. The second kappa shape index (κ2) is 8.91. The first-order chi connectivity index (χ1) is 8.49. The van der Waals surface area contributed by atoms with E-state index >= 15 is 0 Å². The smallest absolute Gasteiger partial charge is 0.252 e. The van der Waals surface area contributed by atoms with Gasteiger partial charge < -0.3 is 15.3 Å². The number of aliphatic hydroxyl groups is 1. The minimum absolute atomic E-state index is 0.286. The highest BCUT2D eigenvalue weighted by Crippen LogP contribution is 2.08. The standard InChI is InChI=1S/C13H26N2O3/c1-5-8-15(9-6-2)13(18)11(16)10(4)12(17)14-7-3/h10-11,16H,5-9H2,1-4H3,(H,14,17). The fourth-order valence-corrected chi connectivity index (χ4v) is 1.75. The van der Waals surface area contributed by atoms with Crippen LogP contribution in [0.3, 0.4) is 0 Å². The number of hydrogen-bond donors (Lipinski definition) is 2. The van der Waals surface area contributed by atoms with Crippen LogP contribution in [0.5, 0.6) is 0 Å². The van der Waals surface area contributed by atoms with Gasteiger partial charge in [0.05, 0.1) is 5.92 Å². The maximum absolute atomic E-state index is 12.1. The molecule has 0 aromatic rings. The van der Waals surface area contributed by atoms with Crippen LogP contribution in [0.25, 0.3) is 0 Å². The molecular weight excluding hydrogens is 232 g/mol. The fourth-order valence-electron chi connectivity index (χ4n) is 1.75. The zero-order chi connectivity index (χ0) is 14.1. The number of amides is 2. The molecule has 0 rings (SSSR count). The summed E-state index contributed by atoms with van der Waals surface area (Å²) in [5.41, 5.74) is 0.